The van der Waals surface area contributed by atoms with Crippen molar-refractivity contribution in [3.05, 3.63) is 108 Å². The molecule has 156 valence electrons. The molecule has 0 bridgehead atoms. The normalized spacial score (nSPS) is 22.0. The Morgan fingerprint density at radius 3 is 1.67 bits per heavy atom. The first-order valence-corrected chi connectivity index (χ1v) is 10.7. The molecule has 0 aliphatic carbocycles. The summed E-state index contributed by atoms with van der Waals surface area (Å²) in [5.74, 6) is 0.397. The molecule has 4 rings (SSSR count). The van der Waals surface area contributed by atoms with Crippen molar-refractivity contribution >= 4 is 0 Å². The maximum Gasteiger partial charge on any atom is 0.160 e. The molecule has 0 unspecified atom stereocenters. The Bertz CT molecular complexity index is 799. The molecule has 3 aromatic carbocycles. The first-order chi connectivity index (χ1) is 14.7. The molecule has 0 saturated carbocycles. The van der Waals surface area contributed by atoms with Gasteiger partial charge in [0.25, 0.3) is 0 Å². The lowest BCUT2D eigenvalue weighted by molar-refractivity contribution is -0.221. The summed E-state index contributed by atoms with van der Waals surface area (Å²) in [5.41, 5.74) is 2.61. The fraction of sp³-hybridized carbons (Fsp3) is 0.333. The van der Waals surface area contributed by atoms with Gasteiger partial charge in [0.05, 0.1) is 12.7 Å². The van der Waals surface area contributed by atoms with Crippen molar-refractivity contribution in [2.75, 3.05) is 13.7 Å². The van der Waals surface area contributed by atoms with E-state index >= 15 is 0 Å². The van der Waals surface area contributed by atoms with E-state index in [2.05, 4.69) is 79.7 Å². The van der Waals surface area contributed by atoms with E-state index in [0.29, 0.717) is 12.5 Å². The minimum absolute atomic E-state index is 0.00154. The topological polar surface area (TPSA) is 27.7 Å². The number of ether oxygens (including phenoxy) is 3. The van der Waals surface area contributed by atoms with E-state index in [4.69, 9.17) is 14.2 Å². The van der Waals surface area contributed by atoms with Gasteiger partial charge in [-0.2, -0.15) is 0 Å². The molecule has 3 atom stereocenters. The largest absolute Gasteiger partial charge is 0.358 e. The SMILES string of the molecule is CO[C@H]1O[C@H](COC(c2ccccc2)(c2ccccc2)c2ccccc2)CC[C@@H]1C. The lowest BCUT2D eigenvalue weighted by atomic mass is 9.80. The van der Waals surface area contributed by atoms with Crippen LogP contribution in [0.2, 0.25) is 0 Å². The van der Waals surface area contributed by atoms with Crippen LogP contribution in [0.3, 0.4) is 0 Å². The molecule has 1 fully saturated rings. The average Bonchev–Trinajstić information content (AvgIpc) is 2.82. The number of benzene rings is 3. The Kier molecular flexibility index (Phi) is 6.63. The Balaban J connectivity index is 1.74. The van der Waals surface area contributed by atoms with E-state index in [1.54, 1.807) is 7.11 Å². The van der Waals surface area contributed by atoms with Gasteiger partial charge in [-0.3, -0.25) is 0 Å². The number of hydrogen-bond donors (Lipinski definition) is 0. The molecule has 3 heteroatoms. The van der Waals surface area contributed by atoms with Crippen LogP contribution in [0.4, 0.5) is 0 Å². The van der Waals surface area contributed by atoms with Gasteiger partial charge < -0.3 is 14.2 Å². The second-order valence-corrected chi connectivity index (χ2v) is 8.01. The summed E-state index contributed by atoms with van der Waals surface area (Å²) in [6, 6.07) is 31.4. The summed E-state index contributed by atoms with van der Waals surface area (Å²) in [5, 5.41) is 0. The summed E-state index contributed by atoms with van der Waals surface area (Å²) in [6.07, 6.45) is 1.87. The van der Waals surface area contributed by atoms with Crippen molar-refractivity contribution in [2.45, 2.75) is 37.8 Å². The van der Waals surface area contributed by atoms with Crippen LogP contribution in [0, 0.1) is 5.92 Å². The molecular formula is C27H30O3. The van der Waals surface area contributed by atoms with Gasteiger partial charge >= 0.3 is 0 Å². The second-order valence-electron chi connectivity index (χ2n) is 8.01. The Hall–Kier alpha value is -2.46. The van der Waals surface area contributed by atoms with Crippen molar-refractivity contribution in [1.82, 2.24) is 0 Å². The molecule has 1 heterocycles. The van der Waals surface area contributed by atoms with Crippen LogP contribution in [0.25, 0.3) is 0 Å². The van der Waals surface area contributed by atoms with E-state index in [0.717, 1.165) is 29.5 Å². The van der Waals surface area contributed by atoms with Crippen LogP contribution in [-0.2, 0) is 19.8 Å². The van der Waals surface area contributed by atoms with Gasteiger partial charge in [-0.05, 0) is 29.5 Å². The molecule has 0 radical (unpaired) electrons. The molecule has 0 N–H and O–H groups in total. The van der Waals surface area contributed by atoms with Crippen LogP contribution in [0.1, 0.15) is 36.5 Å². The van der Waals surface area contributed by atoms with E-state index < -0.39 is 5.60 Å². The molecule has 0 amide bonds. The number of methoxy groups -OCH3 is 1. The summed E-state index contributed by atoms with van der Waals surface area (Å²) in [6.45, 7) is 2.67. The van der Waals surface area contributed by atoms with Gasteiger partial charge in [0.15, 0.2) is 6.29 Å². The third-order valence-corrected chi connectivity index (χ3v) is 5.99. The third kappa shape index (κ3) is 4.20. The van der Waals surface area contributed by atoms with E-state index in [1.807, 2.05) is 18.2 Å². The first-order valence-electron chi connectivity index (χ1n) is 10.7. The summed E-state index contributed by atoms with van der Waals surface area (Å²) < 4.78 is 18.6. The number of hydrogen-bond acceptors (Lipinski definition) is 3. The fourth-order valence-corrected chi connectivity index (χ4v) is 4.37. The molecular weight excluding hydrogens is 372 g/mol. The molecule has 0 aromatic heterocycles. The van der Waals surface area contributed by atoms with Gasteiger partial charge in [0.2, 0.25) is 0 Å². The van der Waals surface area contributed by atoms with Crippen molar-refractivity contribution in [3.63, 3.8) is 0 Å². The Labute approximate surface area is 179 Å². The van der Waals surface area contributed by atoms with Gasteiger partial charge in [-0.1, -0.05) is 97.9 Å². The maximum absolute atomic E-state index is 6.87. The molecule has 1 aliphatic rings. The van der Waals surface area contributed by atoms with E-state index in [1.165, 1.54) is 0 Å². The molecule has 0 spiro atoms. The molecule has 30 heavy (non-hydrogen) atoms. The number of rotatable bonds is 7. The van der Waals surface area contributed by atoms with Crippen LogP contribution >= 0.6 is 0 Å². The molecule has 3 nitrogen and oxygen atoms in total. The highest BCUT2D eigenvalue weighted by Crippen LogP contribution is 2.41. The molecule has 1 aliphatic heterocycles. The van der Waals surface area contributed by atoms with Crippen molar-refractivity contribution < 1.29 is 14.2 Å². The van der Waals surface area contributed by atoms with Crippen molar-refractivity contribution in [3.8, 4) is 0 Å². The van der Waals surface area contributed by atoms with Crippen LogP contribution in [-0.4, -0.2) is 26.1 Å². The predicted molar refractivity (Wildman–Crippen MR) is 119 cm³/mol. The quantitative estimate of drug-likeness (QED) is 0.469. The van der Waals surface area contributed by atoms with Crippen molar-refractivity contribution in [2.24, 2.45) is 5.92 Å². The van der Waals surface area contributed by atoms with Gasteiger partial charge in [-0.25, -0.2) is 0 Å². The lowest BCUT2D eigenvalue weighted by Gasteiger charge is -2.39. The maximum atomic E-state index is 6.87. The summed E-state index contributed by atoms with van der Waals surface area (Å²) in [4.78, 5) is 0. The van der Waals surface area contributed by atoms with Crippen LogP contribution in [0.15, 0.2) is 91.0 Å². The zero-order chi connectivity index (χ0) is 20.8. The monoisotopic (exact) mass is 402 g/mol. The minimum atomic E-state index is -0.710. The Morgan fingerprint density at radius 1 is 0.767 bits per heavy atom. The minimum Gasteiger partial charge on any atom is -0.358 e. The van der Waals surface area contributed by atoms with E-state index in [-0.39, 0.29) is 12.4 Å². The summed E-state index contributed by atoms with van der Waals surface area (Å²) >= 11 is 0. The molecule has 3 aromatic rings. The van der Waals surface area contributed by atoms with Gasteiger partial charge in [0, 0.05) is 13.0 Å². The smallest absolute Gasteiger partial charge is 0.160 e. The highest BCUT2D eigenvalue weighted by Gasteiger charge is 2.39. The Morgan fingerprint density at radius 2 is 1.23 bits per heavy atom. The zero-order valence-electron chi connectivity index (χ0n) is 17.7. The van der Waals surface area contributed by atoms with Crippen LogP contribution < -0.4 is 0 Å². The zero-order valence-corrected chi connectivity index (χ0v) is 17.7. The average molecular weight is 403 g/mol. The van der Waals surface area contributed by atoms with Gasteiger partial charge in [0.1, 0.15) is 5.60 Å². The second kappa shape index (κ2) is 9.57. The first kappa shape index (κ1) is 20.8. The van der Waals surface area contributed by atoms with Crippen molar-refractivity contribution in [1.29, 1.82) is 0 Å². The lowest BCUT2D eigenvalue weighted by Crippen LogP contribution is -2.41. The standard InChI is InChI=1S/C27H30O3/c1-21-18-19-25(30-26(21)28-2)20-29-27(22-12-6-3-7-13-22,23-14-8-4-9-15-23)24-16-10-5-11-17-24/h3-17,21,25-26H,18-20H2,1-2H3/t21-,25-,26-/m0/s1. The predicted octanol–water partition coefficient (Wildman–Crippen LogP) is 5.78. The summed E-state index contributed by atoms with van der Waals surface area (Å²) in [7, 11) is 1.71. The molecule has 1 saturated heterocycles. The fourth-order valence-electron chi connectivity index (χ4n) is 4.37. The third-order valence-electron chi connectivity index (χ3n) is 5.99. The highest BCUT2D eigenvalue weighted by atomic mass is 16.7. The van der Waals surface area contributed by atoms with Crippen LogP contribution in [0.5, 0.6) is 0 Å². The highest BCUT2D eigenvalue weighted by molar-refractivity contribution is 5.47. The van der Waals surface area contributed by atoms with E-state index in [9.17, 15) is 0 Å². The van der Waals surface area contributed by atoms with Gasteiger partial charge in [-0.15, -0.1) is 0 Å².